The molecule has 0 saturated heterocycles. The molecule has 4 heterocycles. The quantitative estimate of drug-likeness (QED) is 0.299. The Hall–Kier alpha value is -4.12. The monoisotopic (exact) mass is 568 g/mol. The number of halogens is 3. The van der Waals surface area contributed by atoms with E-state index in [0.29, 0.717) is 11.8 Å². The summed E-state index contributed by atoms with van der Waals surface area (Å²) in [5.74, 6) is -0.295. The standard InChI is InChI=1S/C22H23F3N8O5S/c1-12-9-27-16(10-26-12)19(37-4)13(2)39(34,35)32-21-30-29-20(15-6-5-7-18(28-15)36-3)33(21)11-14-8-17(31-38-14)22(23,24)25/h5-10,13,19H,11H2,1-4H3,(H,30,32). The summed E-state index contributed by atoms with van der Waals surface area (Å²) < 4.78 is 84.9. The predicted molar refractivity (Wildman–Crippen MR) is 129 cm³/mol. The van der Waals surface area contributed by atoms with Crippen LogP contribution < -0.4 is 9.46 Å². The summed E-state index contributed by atoms with van der Waals surface area (Å²) in [4.78, 5) is 12.6. The predicted octanol–water partition coefficient (Wildman–Crippen LogP) is 3.02. The molecule has 0 aliphatic carbocycles. The van der Waals surface area contributed by atoms with Crippen molar-refractivity contribution in [2.75, 3.05) is 18.9 Å². The fourth-order valence-electron chi connectivity index (χ4n) is 3.53. The molecular formula is C22H23F3N8O5S. The lowest BCUT2D eigenvalue weighted by molar-refractivity contribution is -0.142. The summed E-state index contributed by atoms with van der Waals surface area (Å²) in [6, 6.07) is 5.41. The molecule has 17 heteroatoms. The second kappa shape index (κ2) is 10.9. The zero-order valence-corrected chi connectivity index (χ0v) is 21.9. The zero-order valence-electron chi connectivity index (χ0n) is 21.0. The van der Waals surface area contributed by atoms with Crippen molar-refractivity contribution in [2.24, 2.45) is 0 Å². The molecular weight excluding hydrogens is 545 g/mol. The van der Waals surface area contributed by atoms with Crippen molar-refractivity contribution in [2.45, 2.75) is 37.9 Å². The minimum Gasteiger partial charge on any atom is -0.481 e. The Kier molecular flexibility index (Phi) is 7.82. The molecule has 0 aromatic carbocycles. The Bertz CT molecular complexity index is 1540. The first-order valence-corrected chi connectivity index (χ1v) is 12.8. The molecule has 4 rings (SSSR count). The molecule has 0 bridgehead atoms. The van der Waals surface area contributed by atoms with Crippen LogP contribution in [0.2, 0.25) is 0 Å². The van der Waals surface area contributed by atoms with Crippen LogP contribution in [-0.2, 0) is 27.5 Å². The van der Waals surface area contributed by atoms with E-state index < -0.39 is 39.8 Å². The number of alkyl halides is 3. The molecule has 4 aromatic rings. The average Bonchev–Trinajstić information content (AvgIpc) is 3.53. The van der Waals surface area contributed by atoms with Gasteiger partial charge in [0, 0.05) is 25.4 Å². The Balaban J connectivity index is 1.72. The largest absolute Gasteiger partial charge is 0.481 e. The van der Waals surface area contributed by atoms with E-state index in [1.807, 2.05) is 0 Å². The van der Waals surface area contributed by atoms with E-state index in [1.54, 1.807) is 25.1 Å². The fraction of sp³-hybridized carbons (Fsp3) is 0.364. The molecule has 0 aliphatic rings. The van der Waals surface area contributed by atoms with Crippen LogP contribution >= 0.6 is 0 Å². The van der Waals surface area contributed by atoms with E-state index in [4.69, 9.17) is 14.0 Å². The fourth-order valence-corrected chi connectivity index (χ4v) is 4.70. The third-order valence-electron chi connectivity index (χ3n) is 5.57. The number of pyridine rings is 1. The molecule has 2 unspecified atom stereocenters. The number of hydrogen-bond donors (Lipinski definition) is 1. The first-order valence-electron chi connectivity index (χ1n) is 11.2. The summed E-state index contributed by atoms with van der Waals surface area (Å²) in [6.45, 7) is 2.72. The molecule has 0 aliphatic heterocycles. The number of rotatable bonds is 10. The molecule has 0 spiro atoms. The first-order chi connectivity index (χ1) is 18.4. The molecule has 0 radical (unpaired) electrons. The number of aryl methyl sites for hydroxylation is 1. The van der Waals surface area contributed by atoms with Gasteiger partial charge in [0.05, 0.1) is 31.2 Å². The molecule has 13 nitrogen and oxygen atoms in total. The van der Waals surface area contributed by atoms with Gasteiger partial charge in [-0.25, -0.2) is 13.4 Å². The Labute approximate surface area is 220 Å². The average molecular weight is 569 g/mol. The molecule has 2 atom stereocenters. The highest BCUT2D eigenvalue weighted by molar-refractivity contribution is 7.93. The van der Waals surface area contributed by atoms with Crippen LogP contribution in [0, 0.1) is 6.92 Å². The van der Waals surface area contributed by atoms with Crippen molar-refractivity contribution >= 4 is 16.0 Å². The number of ether oxygens (including phenoxy) is 2. The lowest BCUT2D eigenvalue weighted by Gasteiger charge is -2.22. The Morgan fingerprint density at radius 2 is 1.92 bits per heavy atom. The summed E-state index contributed by atoms with van der Waals surface area (Å²) in [5, 5.41) is 9.79. The molecule has 1 N–H and O–H groups in total. The minimum absolute atomic E-state index is 0.0249. The SMILES string of the molecule is COc1cccc(-c2nnc(NS(=O)(=O)C(C)C(OC)c3cnc(C)cn3)n2Cc2cc(C(F)(F)F)no2)n1. The molecule has 4 aromatic heterocycles. The Morgan fingerprint density at radius 1 is 1.15 bits per heavy atom. The van der Waals surface area contributed by atoms with Gasteiger partial charge in [-0.05, 0) is 19.9 Å². The number of nitrogens with zero attached hydrogens (tertiary/aromatic N) is 7. The minimum atomic E-state index is -4.74. The summed E-state index contributed by atoms with van der Waals surface area (Å²) in [5.41, 5.74) is -0.120. The highest BCUT2D eigenvalue weighted by Gasteiger charge is 2.36. The smallest absolute Gasteiger partial charge is 0.436 e. The third kappa shape index (κ3) is 6.14. The van der Waals surface area contributed by atoms with Crippen molar-refractivity contribution < 1.29 is 35.6 Å². The summed E-state index contributed by atoms with van der Waals surface area (Å²) >= 11 is 0. The van der Waals surface area contributed by atoms with Crippen LogP contribution in [0.5, 0.6) is 5.88 Å². The number of nitrogens with one attached hydrogen (secondary N) is 1. The van der Waals surface area contributed by atoms with Gasteiger partial charge in [0.1, 0.15) is 17.0 Å². The number of methoxy groups -OCH3 is 2. The maximum absolute atomic E-state index is 13.4. The number of sulfonamides is 1. The highest BCUT2D eigenvalue weighted by atomic mass is 32.2. The van der Waals surface area contributed by atoms with Gasteiger partial charge in [-0.15, -0.1) is 10.2 Å². The Morgan fingerprint density at radius 3 is 2.54 bits per heavy atom. The van der Waals surface area contributed by atoms with E-state index in [1.165, 1.54) is 38.1 Å². The van der Waals surface area contributed by atoms with E-state index in [0.717, 1.165) is 0 Å². The van der Waals surface area contributed by atoms with E-state index in [9.17, 15) is 21.6 Å². The van der Waals surface area contributed by atoms with Gasteiger partial charge in [0.25, 0.3) is 0 Å². The van der Waals surface area contributed by atoms with Gasteiger partial charge >= 0.3 is 6.18 Å². The van der Waals surface area contributed by atoms with Gasteiger partial charge in [0.2, 0.25) is 21.9 Å². The van der Waals surface area contributed by atoms with Crippen LogP contribution in [0.1, 0.15) is 35.9 Å². The van der Waals surface area contributed by atoms with Gasteiger partial charge in [0.15, 0.2) is 17.3 Å². The van der Waals surface area contributed by atoms with Crippen molar-refractivity contribution in [1.29, 1.82) is 0 Å². The van der Waals surface area contributed by atoms with Crippen LogP contribution in [0.25, 0.3) is 11.5 Å². The number of hydrogen-bond acceptors (Lipinski definition) is 11. The normalized spacial score (nSPS) is 13.7. The highest BCUT2D eigenvalue weighted by Crippen LogP contribution is 2.30. The van der Waals surface area contributed by atoms with E-state index >= 15 is 0 Å². The van der Waals surface area contributed by atoms with E-state index in [2.05, 4.69) is 35.0 Å². The molecule has 208 valence electrons. The molecule has 39 heavy (non-hydrogen) atoms. The summed E-state index contributed by atoms with van der Waals surface area (Å²) in [7, 11) is -1.51. The van der Waals surface area contributed by atoms with E-state index in [-0.39, 0.29) is 34.8 Å². The van der Waals surface area contributed by atoms with Gasteiger partial charge < -0.3 is 14.0 Å². The van der Waals surface area contributed by atoms with Gasteiger partial charge in [-0.3, -0.25) is 19.3 Å². The van der Waals surface area contributed by atoms with Gasteiger partial charge in [-0.2, -0.15) is 13.2 Å². The lowest BCUT2D eigenvalue weighted by atomic mass is 10.2. The summed E-state index contributed by atoms with van der Waals surface area (Å²) in [6.07, 6.45) is -2.85. The lowest BCUT2D eigenvalue weighted by Crippen LogP contribution is -2.33. The van der Waals surface area contributed by atoms with Crippen molar-refractivity contribution in [3.05, 3.63) is 59.5 Å². The van der Waals surface area contributed by atoms with Crippen LogP contribution in [0.15, 0.2) is 41.2 Å². The number of aromatic nitrogens is 7. The third-order valence-corrected chi connectivity index (χ3v) is 7.26. The van der Waals surface area contributed by atoms with Crippen LogP contribution in [-0.4, -0.2) is 62.8 Å². The second-order valence-corrected chi connectivity index (χ2v) is 10.3. The zero-order chi connectivity index (χ0) is 28.4. The van der Waals surface area contributed by atoms with Gasteiger partial charge in [-0.1, -0.05) is 11.2 Å². The first kappa shape index (κ1) is 27.9. The van der Waals surface area contributed by atoms with Crippen molar-refractivity contribution in [1.82, 2.24) is 34.9 Å². The van der Waals surface area contributed by atoms with Crippen LogP contribution in [0.3, 0.4) is 0 Å². The van der Waals surface area contributed by atoms with Crippen molar-refractivity contribution in [3.8, 4) is 17.4 Å². The van der Waals surface area contributed by atoms with Crippen molar-refractivity contribution in [3.63, 3.8) is 0 Å². The maximum atomic E-state index is 13.4. The topological polar surface area (TPSA) is 160 Å². The maximum Gasteiger partial charge on any atom is 0.436 e. The number of anilines is 1. The molecule has 0 saturated carbocycles. The second-order valence-electron chi connectivity index (χ2n) is 8.27. The van der Waals surface area contributed by atoms with Crippen LogP contribution in [0.4, 0.5) is 19.1 Å². The molecule has 0 amide bonds. The molecule has 0 fully saturated rings.